The molecule has 1 aliphatic heterocycles. The van der Waals surface area contributed by atoms with Gasteiger partial charge in [0, 0.05) is 30.1 Å². The highest BCUT2D eigenvalue weighted by molar-refractivity contribution is 7.11. The second kappa shape index (κ2) is 5.94. The highest BCUT2D eigenvalue weighted by atomic mass is 32.1. The number of hydrogen-bond acceptors (Lipinski definition) is 4. The molecule has 2 rings (SSSR count). The van der Waals surface area contributed by atoms with Gasteiger partial charge in [0.05, 0.1) is 5.01 Å². The van der Waals surface area contributed by atoms with Crippen LogP contribution in [0.2, 0.25) is 0 Å². The molecule has 17 heavy (non-hydrogen) atoms. The van der Waals surface area contributed by atoms with E-state index < -0.39 is 0 Å². The molecule has 0 amide bonds. The molecule has 0 spiro atoms. The predicted molar refractivity (Wildman–Crippen MR) is 73.4 cm³/mol. The second-order valence-corrected chi connectivity index (χ2v) is 6.41. The molecule has 0 aromatic carbocycles. The predicted octanol–water partition coefficient (Wildman–Crippen LogP) is 1.92. The minimum Gasteiger partial charge on any atom is -0.330 e. The first-order chi connectivity index (χ1) is 8.19. The molecule has 1 saturated heterocycles. The first-order valence-corrected chi connectivity index (χ1v) is 7.38. The zero-order valence-corrected chi connectivity index (χ0v) is 11.7. The summed E-state index contributed by atoms with van der Waals surface area (Å²) in [6, 6.07) is 0.684. The van der Waals surface area contributed by atoms with Gasteiger partial charge in [-0.2, -0.15) is 0 Å². The lowest BCUT2D eigenvalue weighted by atomic mass is 10.1. The van der Waals surface area contributed by atoms with Gasteiger partial charge in [-0.1, -0.05) is 0 Å². The Bertz CT molecular complexity index is 348. The summed E-state index contributed by atoms with van der Waals surface area (Å²) >= 11 is 1.84. The van der Waals surface area contributed by atoms with E-state index in [1.54, 1.807) is 0 Å². The standard InChI is InChI=1S/C13H23N3S/c1-10(2)16-6-4-11(9-16)7-13-15-8-12(17-13)3-5-14/h8,10-11H,3-7,9,14H2,1-2H3. The first kappa shape index (κ1) is 13.0. The molecule has 1 aliphatic rings. The van der Waals surface area contributed by atoms with Gasteiger partial charge >= 0.3 is 0 Å². The number of nitrogens with two attached hydrogens (primary N) is 1. The quantitative estimate of drug-likeness (QED) is 0.871. The van der Waals surface area contributed by atoms with E-state index in [0.29, 0.717) is 6.04 Å². The molecule has 2 N–H and O–H groups in total. The Morgan fingerprint density at radius 2 is 2.41 bits per heavy atom. The average molecular weight is 253 g/mol. The Hall–Kier alpha value is -0.450. The van der Waals surface area contributed by atoms with Gasteiger partial charge < -0.3 is 10.6 Å². The smallest absolute Gasteiger partial charge is 0.0930 e. The van der Waals surface area contributed by atoms with Crippen LogP contribution in [0.25, 0.3) is 0 Å². The van der Waals surface area contributed by atoms with Crippen LogP contribution < -0.4 is 5.73 Å². The molecular weight excluding hydrogens is 230 g/mol. The van der Waals surface area contributed by atoms with Crippen molar-refractivity contribution in [1.82, 2.24) is 9.88 Å². The summed E-state index contributed by atoms with van der Waals surface area (Å²) in [6.45, 7) is 7.79. The number of likely N-dealkylation sites (tertiary alicyclic amines) is 1. The van der Waals surface area contributed by atoms with E-state index in [1.807, 2.05) is 17.5 Å². The van der Waals surface area contributed by atoms with Crippen molar-refractivity contribution in [2.75, 3.05) is 19.6 Å². The van der Waals surface area contributed by atoms with Crippen LogP contribution in [0.3, 0.4) is 0 Å². The minimum atomic E-state index is 0.684. The Kier molecular flexibility index (Phi) is 4.54. The molecule has 0 bridgehead atoms. The maximum Gasteiger partial charge on any atom is 0.0930 e. The number of rotatable bonds is 5. The van der Waals surface area contributed by atoms with E-state index in [9.17, 15) is 0 Å². The van der Waals surface area contributed by atoms with Crippen LogP contribution in [0.5, 0.6) is 0 Å². The molecule has 0 radical (unpaired) electrons. The van der Waals surface area contributed by atoms with Gasteiger partial charge in [0.15, 0.2) is 0 Å². The molecule has 0 aliphatic carbocycles. The van der Waals surface area contributed by atoms with Crippen molar-refractivity contribution in [2.24, 2.45) is 11.7 Å². The number of aromatic nitrogens is 1. The van der Waals surface area contributed by atoms with Crippen molar-refractivity contribution in [3.8, 4) is 0 Å². The summed E-state index contributed by atoms with van der Waals surface area (Å²) in [6.07, 6.45) is 5.45. The van der Waals surface area contributed by atoms with Crippen molar-refractivity contribution in [1.29, 1.82) is 0 Å². The maximum atomic E-state index is 5.56. The molecule has 96 valence electrons. The van der Waals surface area contributed by atoms with E-state index >= 15 is 0 Å². The molecule has 1 aromatic heterocycles. The lowest BCUT2D eigenvalue weighted by Gasteiger charge is -2.19. The first-order valence-electron chi connectivity index (χ1n) is 6.56. The molecular formula is C13H23N3S. The summed E-state index contributed by atoms with van der Waals surface area (Å²) in [5.74, 6) is 0.800. The summed E-state index contributed by atoms with van der Waals surface area (Å²) < 4.78 is 0. The highest BCUT2D eigenvalue weighted by Gasteiger charge is 2.24. The molecule has 4 heteroatoms. The van der Waals surface area contributed by atoms with E-state index in [2.05, 4.69) is 23.7 Å². The van der Waals surface area contributed by atoms with Crippen molar-refractivity contribution >= 4 is 11.3 Å². The lowest BCUT2D eigenvalue weighted by Crippen LogP contribution is -2.28. The van der Waals surface area contributed by atoms with Crippen molar-refractivity contribution in [3.05, 3.63) is 16.1 Å². The Morgan fingerprint density at radius 3 is 3.06 bits per heavy atom. The summed E-state index contributed by atoms with van der Waals surface area (Å²) in [4.78, 5) is 8.42. The molecule has 1 atom stereocenters. The number of nitrogens with zero attached hydrogens (tertiary/aromatic N) is 2. The van der Waals surface area contributed by atoms with Crippen molar-refractivity contribution < 1.29 is 0 Å². The van der Waals surface area contributed by atoms with Gasteiger partial charge in [0.2, 0.25) is 0 Å². The van der Waals surface area contributed by atoms with Crippen molar-refractivity contribution in [2.45, 2.75) is 39.2 Å². The van der Waals surface area contributed by atoms with Crippen LogP contribution in [0, 0.1) is 5.92 Å². The zero-order chi connectivity index (χ0) is 12.3. The monoisotopic (exact) mass is 253 g/mol. The Labute approximate surface area is 108 Å². The fourth-order valence-electron chi connectivity index (χ4n) is 2.45. The van der Waals surface area contributed by atoms with E-state index in [4.69, 9.17) is 5.73 Å². The normalized spacial score (nSPS) is 21.5. The van der Waals surface area contributed by atoms with Gasteiger partial charge in [0.25, 0.3) is 0 Å². The van der Waals surface area contributed by atoms with Gasteiger partial charge in [-0.05, 0) is 45.7 Å². The van der Waals surface area contributed by atoms with Crippen molar-refractivity contribution in [3.63, 3.8) is 0 Å². The lowest BCUT2D eigenvalue weighted by molar-refractivity contribution is 0.265. The summed E-state index contributed by atoms with van der Waals surface area (Å²) in [5, 5.41) is 1.30. The van der Waals surface area contributed by atoms with Gasteiger partial charge in [-0.25, -0.2) is 4.98 Å². The van der Waals surface area contributed by atoms with Crippen LogP contribution >= 0.6 is 11.3 Å². The van der Waals surface area contributed by atoms with Crippen LogP contribution in [0.15, 0.2) is 6.20 Å². The van der Waals surface area contributed by atoms with Crippen LogP contribution in [-0.4, -0.2) is 35.6 Å². The largest absolute Gasteiger partial charge is 0.330 e. The summed E-state index contributed by atoms with van der Waals surface area (Å²) in [5.41, 5.74) is 5.56. The Balaban J connectivity index is 1.84. The van der Waals surface area contributed by atoms with Gasteiger partial charge in [0.1, 0.15) is 0 Å². The zero-order valence-electron chi connectivity index (χ0n) is 10.9. The molecule has 0 saturated carbocycles. The third-order valence-electron chi connectivity index (χ3n) is 3.50. The number of hydrogen-bond donors (Lipinski definition) is 1. The van der Waals surface area contributed by atoms with Crippen LogP contribution in [0.1, 0.15) is 30.2 Å². The fraction of sp³-hybridized carbons (Fsp3) is 0.769. The molecule has 3 nitrogen and oxygen atoms in total. The topological polar surface area (TPSA) is 42.2 Å². The van der Waals surface area contributed by atoms with Crippen LogP contribution in [-0.2, 0) is 12.8 Å². The highest BCUT2D eigenvalue weighted by Crippen LogP contribution is 2.24. The SMILES string of the molecule is CC(C)N1CCC(Cc2ncc(CCN)s2)C1. The van der Waals surface area contributed by atoms with E-state index in [1.165, 1.54) is 29.4 Å². The second-order valence-electron chi connectivity index (χ2n) is 5.21. The number of thiazole rings is 1. The fourth-order valence-corrected chi connectivity index (χ4v) is 3.50. The van der Waals surface area contributed by atoms with E-state index in [-0.39, 0.29) is 0 Å². The average Bonchev–Trinajstić information content (AvgIpc) is 2.89. The van der Waals surface area contributed by atoms with Gasteiger partial charge in [-0.15, -0.1) is 11.3 Å². The third kappa shape index (κ3) is 3.50. The summed E-state index contributed by atoms with van der Waals surface area (Å²) in [7, 11) is 0. The molecule has 1 aromatic rings. The third-order valence-corrected chi connectivity index (χ3v) is 4.58. The molecule has 1 unspecified atom stereocenters. The van der Waals surface area contributed by atoms with Gasteiger partial charge in [-0.3, -0.25) is 0 Å². The molecule has 1 fully saturated rings. The molecule has 2 heterocycles. The maximum absolute atomic E-state index is 5.56. The van der Waals surface area contributed by atoms with Crippen LogP contribution in [0.4, 0.5) is 0 Å². The minimum absolute atomic E-state index is 0.684. The van der Waals surface area contributed by atoms with E-state index in [0.717, 1.165) is 25.3 Å². The Morgan fingerprint density at radius 1 is 1.59 bits per heavy atom.